The van der Waals surface area contributed by atoms with E-state index in [2.05, 4.69) is 10.2 Å². The third-order valence-corrected chi connectivity index (χ3v) is 4.60. The zero-order valence-electron chi connectivity index (χ0n) is 13.9. The summed E-state index contributed by atoms with van der Waals surface area (Å²) in [5.41, 5.74) is 0.243. The maximum absolute atomic E-state index is 12.1. The van der Waals surface area contributed by atoms with E-state index in [1.165, 1.54) is 30.1 Å². The van der Waals surface area contributed by atoms with E-state index in [4.69, 9.17) is 27.9 Å². The van der Waals surface area contributed by atoms with Crippen molar-refractivity contribution < 1.29 is 19.4 Å². The van der Waals surface area contributed by atoms with Crippen LogP contribution in [-0.2, 0) is 9.53 Å². The molecule has 0 saturated carbocycles. The van der Waals surface area contributed by atoms with E-state index in [1.807, 2.05) is 0 Å². The van der Waals surface area contributed by atoms with E-state index in [1.54, 1.807) is 12.1 Å². The van der Waals surface area contributed by atoms with Crippen molar-refractivity contribution in [1.29, 1.82) is 0 Å². The Labute approximate surface area is 162 Å². The van der Waals surface area contributed by atoms with E-state index in [9.17, 15) is 19.5 Å². The Morgan fingerprint density at radius 2 is 2.07 bits per heavy atom. The maximum atomic E-state index is 12.1. The number of fused-ring (bicyclic) bond motifs is 1. The highest BCUT2D eigenvalue weighted by molar-refractivity contribution is 6.35. The number of carboxylic acids is 1. The summed E-state index contributed by atoms with van der Waals surface area (Å²) in [4.78, 5) is 35.6. The number of nitrogens with one attached hydrogen (secondary N) is 1. The fourth-order valence-electron chi connectivity index (χ4n) is 2.81. The minimum atomic E-state index is -1.09. The first-order chi connectivity index (χ1) is 12.8. The molecule has 2 heterocycles. The van der Waals surface area contributed by atoms with Gasteiger partial charge in [0, 0.05) is 22.4 Å². The topological polar surface area (TPSA) is 114 Å². The normalized spacial score (nSPS) is 12.1. The Morgan fingerprint density at radius 3 is 2.70 bits per heavy atom. The minimum absolute atomic E-state index is 0.0221. The molecule has 0 bridgehead atoms. The lowest BCUT2D eigenvalue weighted by Crippen LogP contribution is -2.19. The molecule has 1 aromatic rings. The number of rotatable bonds is 5. The van der Waals surface area contributed by atoms with Crippen LogP contribution < -0.4 is 5.56 Å². The second-order valence-corrected chi connectivity index (χ2v) is 6.55. The summed E-state index contributed by atoms with van der Waals surface area (Å²) in [6, 6.07) is 3.87. The zero-order valence-corrected chi connectivity index (χ0v) is 15.4. The van der Waals surface area contributed by atoms with Crippen molar-refractivity contribution in [3.8, 4) is 11.3 Å². The molecule has 8 nitrogen and oxygen atoms in total. The lowest BCUT2D eigenvalue weighted by Gasteiger charge is -2.22. The summed E-state index contributed by atoms with van der Waals surface area (Å²) >= 11 is 12.2. The van der Waals surface area contributed by atoms with E-state index < -0.39 is 23.5 Å². The molecule has 2 N–H and O–H groups in total. The molecule has 27 heavy (non-hydrogen) atoms. The van der Waals surface area contributed by atoms with Crippen molar-refractivity contribution in [2.75, 3.05) is 7.11 Å². The predicted octanol–water partition coefficient (Wildman–Crippen LogP) is 2.83. The molecule has 140 valence electrons. The van der Waals surface area contributed by atoms with Gasteiger partial charge in [0.2, 0.25) is 0 Å². The van der Waals surface area contributed by atoms with Gasteiger partial charge in [0.15, 0.2) is 0 Å². The molecule has 0 aliphatic carbocycles. The second-order valence-electron chi connectivity index (χ2n) is 5.71. The number of aromatic amines is 1. The number of carbonyl (C=O) groups excluding carboxylic acids is 1. The van der Waals surface area contributed by atoms with Crippen LogP contribution in [0.1, 0.15) is 28.4 Å². The molecule has 1 atom stereocenters. The molecule has 10 heteroatoms. The number of nitrogens with zero attached hydrogens (tertiary/aromatic N) is 2. The van der Waals surface area contributed by atoms with Gasteiger partial charge in [-0.2, -0.15) is 5.10 Å². The summed E-state index contributed by atoms with van der Waals surface area (Å²) in [6.07, 6.45) is 2.46. The highest BCUT2D eigenvalue weighted by atomic mass is 35.5. The molecule has 1 aromatic carbocycles. The Balaban J connectivity index is 2.25. The Morgan fingerprint density at radius 1 is 1.33 bits per heavy atom. The van der Waals surface area contributed by atoms with Gasteiger partial charge in [-0.05, 0) is 17.7 Å². The van der Waals surface area contributed by atoms with Crippen molar-refractivity contribution in [2.24, 2.45) is 0 Å². The lowest BCUT2D eigenvalue weighted by molar-refractivity contribution is -0.137. The van der Waals surface area contributed by atoms with Gasteiger partial charge >= 0.3 is 11.9 Å². The third-order valence-electron chi connectivity index (χ3n) is 4.04. The standard InChI is InChI=1S/C17H13Cl2N3O5/c1-27-17(26)11-7-22(6-10-15(11)20-21-16(10)25)13(5-14(23)24)9-3-2-8(18)4-12(9)19/h2-4,6-7,13H,5H2,1H3,(H,21,25)(H,23,24). The minimum Gasteiger partial charge on any atom is -0.481 e. The molecule has 0 fully saturated rings. The number of hydrogen-bond acceptors (Lipinski definition) is 5. The van der Waals surface area contributed by atoms with Crippen LogP contribution in [0.3, 0.4) is 0 Å². The number of hydrogen-bond donors (Lipinski definition) is 2. The van der Waals surface area contributed by atoms with Gasteiger partial charge in [0.05, 0.1) is 25.1 Å². The van der Waals surface area contributed by atoms with Crippen LogP contribution in [0.2, 0.25) is 10.0 Å². The molecule has 0 radical (unpaired) electrons. The number of aromatic nitrogens is 3. The van der Waals surface area contributed by atoms with Crippen LogP contribution >= 0.6 is 23.2 Å². The number of benzene rings is 1. The third kappa shape index (κ3) is 3.67. The van der Waals surface area contributed by atoms with Crippen molar-refractivity contribution in [1.82, 2.24) is 14.8 Å². The Kier molecular flexibility index (Phi) is 5.20. The summed E-state index contributed by atoms with van der Waals surface area (Å²) in [6.45, 7) is 0. The molecule has 0 amide bonds. The Hall–Kier alpha value is -2.84. The van der Waals surface area contributed by atoms with Gasteiger partial charge < -0.3 is 14.4 Å². The molecular weight excluding hydrogens is 397 g/mol. The number of halogens is 2. The van der Waals surface area contributed by atoms with Crippen molar-refractivity contribution in [2.45, 2.75) is 12.5 Å². The number of H-pyrrole nitrogens is 1. The number of ether oxygens (including phenoxy) is 1. The zero-order chi connectivity index (χ0) is 19.7. The molecule has 2 aliphatic rings. The van der Waals surface area contributed by atoms with E-state index >= 15 is 0 Å². The predicted molar refractivity (Wildman–Crippen MR) is 97.7 cm³/mol. The monoisotopic (exact) mass is 409 g/mol. The maximum Gasteiger partial charge on any atom is 0.341 e. The number of methoxy groups -OCH3 is 1. The number of carbonyl (C=O) groups is 2. The first-order valence-corrected chi connectivity index (χ1v) is 8.42. The highest BCUT2D eigenvalue weighted by Gasteiger charge is 2.26. The number of esters is 1. The summed E-state index contributed by atoms with van der Waals surface area (Å²) in [5, 5.41) is 16.1. The molecule has 1 unspecified atom stereocenters. The SMILES string of the molecule is COC(=O)c1cn(C(CC(=O)O)c2ccc(Cl)cc2Cl)cc2c(=O)[nH]nc1-2. The lowest BCUT2D eigenvalue weighted by atomic mass is 10.0. The molecule has 3 rings (SSSR count). The van der Waals surface area contributed by atoms with Crippen molar-refractivity contribution in [3.63, 3.8) is 0 Å². The van der Waals surface area contributed by atoms with Gasteiger partial charge in [-0.25, -0.2) is 9.89 Å². The molecule has 0 aromatic heterocycles. The summed E-state index contributed by atoms with van der Waals surface area (Å²) in [5.74, 6) is -1.80. The Bertz CT molecular complexity index is 1060. The van der Waals surface area contributed by atoms with Gasteiger partial charge in [-0.15, -0.1) is 0 Å². The van der Waals surface area contributed by atoms with Gasteiger partial charge in [0.1, 0.15) is 11.3 Å². The number of aliphatic carboxylic acids is 1. The first kappa shape index (κ1) is 18.9. The van der Waals surface area contributed by atoms with Gasteiger partial charge in [0.25, 0.3) is 5.56 Å². The largest absolute Gasteiger partial charge is 0.481 e. The average Bonchev–Trinajstić information content (AvgIpc) is 2.99. The van der Waals surface area contributed by atoms with Crippen LogP contribution in [0.25, 0.3) is 11.3 Å². The van der Waals surface area contributed by atoms with E-state index in [-0.39, 0.29) is 28.3 Å². The summed E-state index contributed by atoms with van der Waals surface area (Å²) < 4.78 is 6.19. The fourth-order valence-corrected chi connectivity index (χ4v) is 3.34. The van der Waals surface area contributed by atoms with Crippen LogP contribution in [0, 0.1) is 0 Å². The molecule has 0 saturated heterocycles. The van der Waals surface area contributed by atoms with E-state index in [0.717, 1.165) is 0 Å². The van der Waals surface area contributed by atoms with Crippen molar-refractivity contribution in [3.05, 3.63) is 62.1 Å². The molecular formula is C17H13Cl2N3O5. The van der Waals surface area contributed by atoms with Crippen LogP contribution in [0.15, 0.2) is 35.4 Å². The van der Waals surface area contributed by atoms with Gasteiger partial charge in [-0.3, -0.25) is 9.59 Å². The molecule has 0 spiro atoms. The molecule has 2 aliphatic heterocycles. The first-order valence-electron chi connectivity index (χ1n) is 7.66. The highest BCUT2D eigenvalue weighted by Crippen LogP contribution is 2.33. The van der Waals surface area contributed by atoms with Crippen LogP contribution in [-0.4, -0.2) is 38.9 Å². The fraction of sp³-hybridized carbons (Fsp3) is 0.176. The number of carboxylic acid groups (broad SMARTS) is 1. The number of pyridine rings is 1. The van der Waals surface area contributed by atoms with E-state index in [0.29, 0.717) is 10.6 Å². The summed E-state index contributed by atoms with van der Waals surface area (Å²) in [7, 11) is 1.20. The average molecular weight is 410 g/mol. The van der Waals surface area contributed by atoms with Crippen LogP contribution in [0.4, 0.5) is 0 Å². The van der Waals surface area contributed by atoms with Crippen LogP contribution in [0.5, 0.6) is 0 Å². The van der Waals surface area contributed by atoms with Crippen molar-refractivity contribution >= 4 is 35.1 Å². The smallest absolute Gasteiger partial charge is 0.341 e. The quantitative estimate of drug-likeness (QED) is 0.626. The van der Waals surface area contributed by atoms with Gasteiger partial charge in [-0.1, -0.05) is 29.3 Å². The second kappa shape index (κ2) is 7.42.